The van der Waals surface area contributed by atoms with Crippen molar-refractivity contribution < 1.29 is 4.74 Å². The smallest absolute Gasteiger partial charge is 0.0977 e. The Labute approximate surface area is 155 Å². The van der Waals surface area contributed by atoms with Gasteiger partial charge in [-0.1, -0.05) is 26.3 Å². The molecule has 2 rings (SSSR count). The number of ether oxygens (including phenoxy) is 1. The average Bonchev–Trinajstić information content (AvgIpc) is 2.67. The summed E-state index contributed by atoms with van der Waals surface area (Å²) in [6.45, 7) is 15.9. The Morgan fingerprint density at radius 3 is 2.24 bits per heavy atom. The van der Waals surface area contributed by atoms with E-state index in [2.05, 4.69) is 17.1 Å². The third-order valence-electron chi connectivity index (χ3n) is 5.22. The fourth-order valence-corrected chi connectivity index (χ4v) is 3.45. The summed E-state index contributed by atoms with van der Waals surface area (Å²) in [6.07, 6.45) is 8.05. The highest BCUT2D eigenvalue weighted by molar-refractivity contribution is 5.22. The van der Waals surface area contributed by atoms with E-state index in [1.807, 2.05) is 33.8 Å². The van der Waals surface area contributed by atoms with Crippen LogP contribution in [0.4, 0.5) is 0 Å². The molecule has 0 spiro atoms. The lowest BCUT2D eigenvalue weighted by Crippen LogP contribution is -2.46. The van der Waals surface area contributed by atoms with E-state index in [0.29, 0.717) is 5.92 Å². The first-order chi connectivity index (χ1) is 12.1. The monoisotopic (exact) mass is 351 g/mol. The summed E-state index contributed by atoms with van der Waals surface area (Å²) in [4.78, 5) is 2.70. The fourth-order valence-electron chi connectivity index (χ4n) is 3.45. The SMILES string of the molecule is CC.CC/C(=C\C(N)=C(C)C)OCC1CCN(C2CCNCC2)CC1. The first-order valence-corrected chi connectivity index (χ1v) is 10.3. The maximum Gasteiger partial charge on any atom is 0.0977 e. The van der Waals surface area contributed by atoms with E-state index in [4.69, 9.17) is 10.5 Å². The molecule has 3 N–H and O–H groups in total. The van der Waals surface area contributed by atoms with E-state index in [-0.39, 0.29) is 0 Å². The van der Waals surface area contributed by atoms with Gasteiger partial charge in [0.15, 0.2) is 0 Å². The van der Waals surface area contributed by atoms with Crippen LogP contribution in [0.3, 0.4) is 0 Å². The molecule has 0 atom stereocenters. The minimum Gasteiger partial charge on any atom is -0.498 e. The lowest BCUT2D eigenvalue weighted by Gasteiger charge is -2.39. The molecule has 0 unspecified atom stereocenters. The Morgan fingerprint density at radius 1 is 1.12 bits per heavy atom. The van der Waals surface area contributed by atoms with E-state index in [9.17, 15) is 0 Å². The van der Waals surface area contributed by atoms with Gasteiger partial charge in [0.05, 0.1) is 12.4 Å². The summed E-state index contributed by atoms with van der Waals surface area (Å²) in [5.41, 5.74) is 8.00. The van der Waals surface area contributed by atoms with Crippen molar-refractivity contribution in [2.24, 2.45) is 11.7 Å². The van der Waals surface area contributed by atoms with Gasteiger partial charge in [-0.05, 0) is 77.7 Å². The minimum absolute atomic E-state index is 0.691. The van der Waals surface area contributed by atoms with E-state index in [0.717, 1.165) is 36.1 Å². The van der Waals surface area contributed by atoms with Gasteiger partial charge in [0, 0.05) is 18.2 Å². The summed E-state index contributed by atoms with van der Waals surface area (Å²) >= 11 is 0. The summed E-state index contributed by atoms with van der Waals surface area (Å²) in [6, 6.07) is 0.807. The molecule has 0 saturated carbocycles. The number of nitrogens with two attached hydrogens (primary N) is 1. The van der Waals surface area contributed by atoms with Crippen molar-refractivity contribution >= 4 is 0 Å². The summed E-state index contributed by atoms with van der Waals surface area (Å²) < 4.78 is 6.05. The predicted molar refractivity (Wildman–Crippen MR) is 108 cm³/mol. The summed E-state index contributed by atoms with van der Waals surface area (Å²) in [5.74, 6) is 1.71. The van der Waals surface area contributed by atoms with Gasteiger partial charge in [-0.25, -0.2) is 0 Å². The Bertz CT molecular complexity index is 413. The van der Waals surface area contributed by atoms with Crippen molar-refractivity contribution in [1.29, 1.82) is 0 Å². The number of hydrogen-bond acceptors (Lipinski definition) is 4. The van der Waals surface area contributed by atoms with Crippen LogP contribution >= 0.6 is 0 Å². The van der Waals surface area contributed by atoms with Crippen LogP contribution in [0.1, 0.15) is 66.7 Å². The number of nitrogens with zero attached hydrogens (tertiary/aromatic N) is 1. The van der Waals surface area contributed by atoms with Crippen LogP contribution in [0.25, 0.3) is 0 Å². The van der Waals surface area contributed by atoms with Crippen LogP contribution in [0, 0.1) is 5.92 Å². The predicted octanol–water partition coefficient (Wildman–Crippen LogP) is 4.04. The van der Waals surface area contributed by atoms with Gasteiger partial charge < -0.3 is 20.7 Å². The van der Waals surface area contributed by atoms with Gasteiger partial charge in [0.2, 0.25) is 0 Å². The third kappa shape index (κ3) is 7.83. The van der Waals surface area contributed by atoms with Crippen LogP contribution in [0.5, 0.6) is 0 Å². The number of piperidine rings is 2. The summed E-state index contributed by atoms with van der Waals surface area (Å²) in [7, 11) is 0. The van der Waals surface area contributed by atoms with Crippen LogP contribution in [-0.2, 0) is 4.74 Å². The molecule has 0 bridgehead atoms. The number of rotatable bonds is 6. The molecule has 146 valence electrons. The topological polar surface area (TPSA) is 50.5 Å². The highest BCUT2D eigenvalue weighted by Crippen LogP contribution is 2.23. The van der Waals surface area contributed by atoms with Gasteiger partial charge in [-0.15, -0.1) is 0 Å². The molecule has 4 nitrogen and oxygen atoms in total. The second kappa shape index (κ2) is 12.4. The Kier molecular flexibility index (Phi) is 10.9. The Balaban J connectivity index is 0.00000151. The number of allylic oxidation sites excluding steroid dienone is 3. The van der Waals surface area contributed by atoms with Crippen molar-refractivity contribution in [3.05, 3.63) is 23.1 Å². The van der Waals surface area contributed by atoms with Gasteiger partial charge in [-0.3, -0.25) is 0 Å². The molecule has 2 saturated heterocycles. The van der Waals surface area contributed by atoms with Gasteiger partial charge in [0.1, 0.15) is 0 Å². The molecular formula is C21H41N3O. The molecular weight excluding hydrogens is 310 g/mol. The zero-order valence-corrected chi connectivity index (χ0v) is 17.2. The van der Waals surface area contributed by atoms with E-state index in [1.165, 1.54) is 51.9 Å². The second-order valence-electron chi connectivity index (χ2n) is 7.19. The highest BCUT2D eigenvalue weighted by Gasteiger charge is 2.26. The van der Waals surface area contributed by atoms with Crippen molar-refractivity contribution in [2.45, 2.75) is 72.8 Å². The first-order valence-electron chi connectivity index (χ1n) is 10.3. The molecule has 0 amide bonds. The minimum atomic E-state index is 0.691. The molecule has 2 fully saturated rings. The average molecular weight is 352 g/mol. The lowest BCUT2D eigenvalue weighted by molar-refractivity contribution is 0.0732. The van der Waals surface area contributed by atoms with Gasteiger partial charge >= 0.3 is 0 Å². The van der Waals surface area contributed by atoms with E-state index >= 15 is 0 Å². The maximum atomic E-state index is 6.05. The fraction of sp³-hybridized carbons (Fsp3) is 0.810. The first kappa shape index (κ1) is 22.0. The summed E-state index contributed by atoms with van der Waals surface area (Å²) in [5, 5.41) is 3.46. The highest BCUT2D eigenvalue weighted by atomic mass is 16.5. The van der Waals surface area contributed by atoms with Crippen molar-refractivity contribution in [1.82, 2.24) is 10.2 Å². The molecule has 2 aliphatic rings. The molecule has 0 aromatic carbocycles. The largest absolute Gasteiger partial charge is 0.498 e. The van der Waals surface area contributed by atoms with Gasteiger partial charge in [0.25, 0.3) is 0 Å². The molecule has 0 aliphatic carbocycles. The molecule has 0 aromatic heterocycles. The molecule has 2 heterocycles. The Morgan fingerprint density at radius 2 is 1.72 bits per heavy atom. The number of likely N-dealkylation sites (tertiary alicyclic amines) is 1. The van der Waals surface area contributed by atoms with Crippen molar-refractivity contribution in [3.63, 3.8) is 0 Å². The standard InChI is InChI=1S/C19H35N3O.C2H6/c1-4-18(13-19(20)15(2)3)23-14-16-7-11-22(12-8-16)17-5-9-21-10-6-17;1-2/h13,16-17,21H,4-12,14,20H2,1-3H3;1-2H3/b18-13+;. The molecule has 25 heavy (non-hydrogen) atoms. The molecule has 0 radical (unpaired) electrons. The molecule has 0 aromatic rings. The van der Waals surface area contributed by atoms with Crippen molar-refractivity contribution in [3.8, 4) is 0 Å². The third-order valence-corrected chi connectivity index (χ3v) is 5.22. The van der Waals surface area contributed by atoms with Crippen molar-refractivity contribution in [2.75, 3.05) is 32.8 Å². The van der Waals surface area contributed by atoms with Crippen LogP contribution in [0.15, 0.2) is 23.1 Å². The normalized spacial score (nSPS) is 20.6. The maximum absolute atomic E-state index is 6.05. The zero-order chi connectivity index (χ0) is 18.7. The molecule has 2 aliphatic heterocycles. The van der Waals surface area contributed by atoms with Gasteiger partial charge in [-0.2, -0.15) is 0 Å². The van der Waals surface area contributed by atoms with Crippen LogP contribution in [-0.4, -0.2) is 43.7 Å². The quantitative estimate of drug-likeness (QED) is 0.560. The number of hydrogen-bond donors (Lipinski definition) is 2. The Hall–Kier alpha value is -1.00. The lowest BCUT2D eigenvalue weighted by atomic mass is 9.94. The van der Waals surface area contributed by atoms with E-state index in [1.54, 1.807) is 0 Å². The number of nitrogens with one attached hydrogen (secondary N) is 1. The zero-order valence-electron chi connectivity index (χ0n) is 17.2. The second-order valence-corrected chi connectivity index (χ2v) is 7.19. The van der Waals surface area contributed by atoms with Crippen LogP contribution < -0.4 is 11.1 Å². The van der Waals surface area contributed by atoms with Crippen LogP contribution in [0.2, 0.25) is 0 Å². The molecule has 4 heteroatoms. The van der Waals surface area contributed by atoms with E-state index < -0.39 is 0 Å².